The highest BCUT2D eigenvalue weighted by Crippen LogP contribution is 2.65. The molecule has 3 aliphatic rings. The minimum Gasteiger partial charge on any atom is -0.497 e. The lowest BCUT2D eigenvalue weighted by molar-refractivity contribution is -0.124. The Balaban J connectivity index is 1.54. The maximum Gasteiger partial charge on any atom is 0.250 e. The number of methoxy groups -OCH3 is 1. The summed E-state index contributed by atoms with van der Waals surface area (Å²) in [5.74, 6) is 1.12. The Kier molecular flexibility index (Phi) is 3.01. The van der Waals surface area contributed by atoms with E-state index in [1.165, 1.54) is 0 Å². The lowest BCUT2D eigenvalue weighted by Crippen LogP contribution is -2.31. The molecule has 0 radical (unpaired) electrons. The number of carbonyl (C=O) groups is 2. The Morgan fingerprint density at radius 2 is 2.30 bits per heavy atom. The molecule has 2 fully saturated rings. The molecule has 4 nitrogen and oxygen atoms in total. The van der Waals surface area contributed by atoms with E-state index in [9.17, 15) is 9.59 Å². The van der Waals surface area contributed by atoms with Crippen LogP contribution in [0.1, 0.15) is 12.0 Å². The maximum atomic E-state index is 12.5. The number of ether oxygens (including phenoxy) is 1. The fourth-order valence-corrected chi connectivity index (χ4v) is 3.68. The maximum absolute atomic E-state index is 12.5. The molecule has 1 aliphatic heterocycles. The van der Waals surface area contributed by atoms with Crippen molar-refractivity contribution in [2.75, 3.05) is 13.7 Å². The second-order valence-electron chi connectivity index (χ2n) is 6.21. The van der Waals surface area contributed by atoms with Gasteiger partial charge in [-0.15, -0.1) is 0 Å². The van der Waals surface area contributed by atoms with Gasteiger partial charge in [-0.25, -0.2) is 0 Å². The summed E-state index contributed by atoms with van der Waals surface area (Å²) in [6.45, 7) is 0.639. The van der Waals surface area contributed by atoms with Crippen LogP contribution >= 0.6 is 0 Å². The van der Waals surface area contributed by atoms with Gasteiger partial charge in [0, 0.05) is 18.3 Å². The van der Waals surface area contributed by atoms with Gasteiger partial charge in [-0.1, -0.05) is 18.2 Å². The van der Waals surface area contributed by atoms with E-state index >= 15 is 0 Å². The summed E-state index contributed by atoms with van der Waals surface area (Å²) in [6.07, 6.45) is 9.51. The number of benzene rings is 1. The van der Waals surface area contributed by atoms with Crippen LogP contribution in [-0.2, 0) is 9.59 Å². The van der Waals surface area contributed by atoms with Crippen LogP contribution in [0.5, 0.6) is 5.75 Å². The normalized spacial score (nSPS) is 27.7. The predicted octanol–water partition coefficient (Wildman–Crippen LogP) is 2.58. The number of hydrogen-bond acceptors (Lipinski definition) is 3. The topological polar surface area (TPSA) is 46.6 Å². The summed E-state index contributed by atoms with van der Waals surface area (Å²) >= 11 is 0. The monoisotopic (exact) mass is 307 g/mol. The highest BCUT2D eigenvalue weighted by atomic mass is 16.5. The van der Waals surface area contributed by atoms with Crippen molar-refractivity contribution in [1.82, 2.24) is 4.90 Å². The van der Waals surface area contributed by atoms with Gasteiger partial charge in [-0.3, -0.25) is 9.59 Å². The van der Waals surface area contributed by atoms with Crippen molar-refractivity contribution in [1.29, 1.82) is 0 Å². The molecule has 1 amide bonds. The van der Waals surface area contributed by atoms with Gasteiger partial charge >= 0.3 is 0 Å². The molecule has 1 saturated heterocycles. The standard InChI is InChI=1S/C19H17NO3/c1-23-15-5-2-4-13(10-15)8-9-18(22)20-12-14-11-19(14)16(20)6-3-7-17(19)21/h2-10,14H,11-12H2,1H3/b9-8+/t14-,19+/m1/s1. The highest BCUT2D eigenvalue weighted by molar-refractivity contribution is 6.04. The molecule has 4 rings (SSSR count). The van der Waals surface area contributed by atoms with E-state index in [0.29, 0.717) is 12.5 Å². The van der Waals surface area contributed by atoms with E-state index < -0.39 is 5.41 Å². The second-order valence-corrected chi connectivity index (χ2v) is 6.21. The quantitative estimate of drug-likeness (QED) is 0.806. The lowest BCUT2D eigenvalue weighted by atomic mass is 9.91. The van der Waals surface area contributed by atoms with Crippen LogP contribution in [0.2, 0.25) is 0 Å². The van der Waals surface area contributed by atoms with E-state index in [1.54, 1.807) is 36.3 Å². The van der Waals surface area contributed by atoms with Crippen LogP contribution in [0.15, 0.2) is 54.3 Å². The largest absolute Gasteiger partial charge is 0.497 e. The van der Waals surface area contributed by atoms with Crippen molar-refractivity contribution in [3.8, 4) is 5.75 Å². The van der Waals surface area contributed by atoms with Gasteiger partial charge < -0.3 is 9.64 Å². The van der Waals surface area contributed by atoms with Crippen molar-refractivity contribution in [2.45, 2.75) is 6.42 Å². The van der Waals surface area contributed by atoms with Crippen molar-refractivity contribution in [3.05, 3.63) is 59.8 Å². The van der Waals surface area contributed by atoms with Gasteiger partial charge in [0.1, 0.15) is 5.75 Å². The summed E-state index contributed by atoms with van der Waals surface area (Å²) in [6, 6.07) is 7.54. The van der Waals surface area contributed by atoms with E-state index in [0.717, 1.165) is 23.4 Å². The summed E-state index contributed by atoms with van der Waals surface area (Å²) in [5.41, 5.74) is 1.38. The average molecular weight is 307 g/mol. The van der Waals surface area contributed by atoms with Gasteiger partial charge in [0.2, 0.25) is 0 Å². The first kappa shape index (κ1) is 14.0. The molecule has 0 N–H and O–H groups in total. The van der Waals surface area contributed by atoms with Gasteiger partial charge in [0.05, 0.1) is 12.5 Å². The van der Waals surface area contributed by atoms with Crippen LogP contribution in [0.25, 0.3) is 6.08 Å². The molecule has 1 saturated carbocycles. The number of carbonyl (C=O) groups excluding carboxylic acids is 2. The number of ketones is 1. The SMILES string of the molecule is COc1cccc(/C=C/C(=O)N2C[C@H]3C[C@]34C(=O)C=CC=C24)c1. The first-order valence-electron chi connectivity index (χ1n) is 7.72. The Hall–Kier alpha value is -2.62. The fourth-order valence-electron chi connectivity index (χ4n) is 3.68. The molecule has 116 valence electrons. The first-order valence-corrected chi connectivity index (χ1v) is 7.72. The molecule has 23 heavy (non-hydrogen) atoms. The average Bonchev–Trinajstić information content (AvgIpc) is 3.19. The third kappa shape index (κ3) is 2.05. The number of allylic oxidation sites excluding steroid dienone is 4. The van der Waals surface area contributed by atoms with Crippen molar-refractivity contribution in [2.24, 2.45) is 11.3 Å². The number of likely N-dealkylation sites (tertiary alicyclic amines) is 1. The Morgan fingerprint density at radius 1 is 1.43 bits per heavy atom. The third-order valence-electron chi connectivity index (χ3n) is 4.98. The van der Waals surface area contributed by atoms with Crippen molar-refractivity contribution >= 4 is 17.8 Å². The van der Waals surface area contributed by atoms with Crippen LogP contribution < -0.4 is 4.74 Å². The van der Waals surface area contributed by atoms with Crippen molar-refractivity contribution in [3.63, 3.8) is 0 Å². The highest BCUT2D eigenvalue weighted by Gasteiger charge is 2.68. The zero-order chi connectivity index (χ0) is 16.0. The summed E-state index contributed by atoms with van der Waals surface area (Å²) in [7, 11) is 1.62. The second kappa shape index (κ2) is 4.95. The molecule has 0 bridgehead atoms. The molecule has 2 atom stereocenters. The smallest absolute Gasteiger partial charge is 0.250 e. The van der Waals surface area contributed by atoms with E-state index in [-0.39, 0.29) is 11.7 Å². The third-order valence-corrected chi connectivity index (χ3v) is 4.98. The van der Waals surface area contributed by atoms with E-state index in [4.69, 9.17) is 4.74 Å². The van der Waals surface area contributed by atoms with Crippen LogP contribution in [0.3, 0.4) is 0 Å². The molecule has 4 heteroatoms. The molecule has 0 aromatic heterocycles. The number of rotatable bonds is 3. The molecular weight excluding hydrogens is 290 g/mol. The summed E-state index contributed by atoms with van der Waals surface area (Å²) < 4.78 is 5.18. The number of amides is 1. The van der Waals surface area contributed by atoms with Crippen molar-refractivity contribution < 1.29 is 14.3 Å². The Labute approximate surface area is 134 Å². The minimum absolute atomic E-state index is 0.0752. The lowest BCUT2D eigenvalue weighted by Gasteiger charge is -2.24. The molecule has 1 heterocycles. The number of piperidine rings is 1. The Morgan fingerprint density at radius 3 is 3.13 bits per heavy atom. The molecular formula is C19H17NO3. The molecule has 1 spiro atoms. The van der Waals surface area contributed by atoms with Crippen LogP contribution in [0.4, 0.5) is 0 Å². The van der Waals surface area contributed by atoms with Crippen LogP contribution in [0, 0.1) is 11.3 Å². The van der Waals surface area contributed by atoms with Gasteiger partial charge in [-0.05, 0) is 48.3 Å². The van der Waals surface area contributed by atoms with Gasteiger partial charge in [0.25, 0.3) is 5.91 Å². The predicted molar refractivity (Wildman–Crippen MR) is 86.5 cm³/mol. The van der Waals surface area contributed by atoms with Crippen LogP contribution in [-0.4, -0.2) is 30.2 Å². The fraction of sp³-hybridized carbons (Fsp3) is 0.263. The minimum atomic E-state index is -0.395. The molecule has 1 aromatic carbocycles. The zero-order valence-electron chi connectivity index (χ0n) is 12.9. The first-order chi connectivity index (χ1) is 11.1. The molecule has 2 aliphatic carbocycles. The Bertz CT molecular complexity index is 790. The molecule has 0 unspecified atom stereocenters. The summed E-state index contributed by atoms with van der Waals surface area (Å²) in [5, 5.41) is 0. The van der Waals surface area contributed by atoms with E-state index in [1.807, 2.05) is 30.3 Å². The van der Waals surface area contributed by atoms with Gasteiger partial charge in [0.15, 0.2) is 5.78 Å². The van der Waals surface area contributed by atoms with E-state index in [2.05, 4.69) is 0 Å². The zero-order valence-corrected chi connectivity index (χ0v) is 12.9. The summed E-state index contributed by atoms with van der Waals surface area (Å²) in [4.78, 5) is 26.4. The number of nitrogens with zero attached hydrogens (tertiary/aromatic N) is 1. The molecule has 1 aromatic rings. The number of hydrogen-bond donors (Lipinski definition) is 0. The van der Waals surface area contributed by atoms with Gasteiger partial charge in [-0.2, -0.15) is 0 Å².